The molecule has 0 amide bonds. The smallest absolute Gasteiger partial charge is 0.309 e. The van der Waals surface area contributed by atoms with Crippen LogP contribution in [0.1, 0.15) is 32.3 Å². The van der Waals surface area contributed by atoms with Crippen LogP contribution in [0.25, 0.3) is 0 Å². The fraction of sp³-hybridized carbons (Fsp3) is 0.533. The van der Waals surface area contributed by atoms with Gasteiger partial charge in [0.15, 0.2) is 0 Å². The van der Waals surface area contributed by atoms with Gasteiger partial charge in [-0.3, -0.25) is 4.79 Å². The summed E-state index contributed by atoms with van der Waals surface area (Å²) in [6.45, 7) is 4.45. The molecule has 0 spiro atoms. The zero-order valence-electron chi connectivity index (χ0n) is 12.6. The molecule has 6 heteroatoms. The topological polar surface area (TPSA) is 63.7 Å². The van der Waals surface area contributed by atoms with Crippen molar-refractivity contribution in [1.29, 1.82) is 0 Å². The predicted molar refractivity (Wildman–Crippen MR) is 79.4 cm³/mol. The van der Waals surface area contributed by atoms with Crippen LogP contribution < -0.4 is 0 Å². The van der Waals surface area contributed by atoms with Crippen LogP contribution in [0.3, 0.4) is 0 Å². The van der Waals surface area contributed by atoms with E-state index in [1.165, 1.54) is 7.11 Å². The van der Waals surface area contributed by atoms with Gasteiger partial charge >= 0.3 is 5.97 Å². The molecule has 1 aromatic carbocycles. The van der Waals surface area contributed by atoms with Gasteiger partial charge in [-0.25, -0.2) is 8.42 Å². The van der Waals surface area contributed by atoms with Gasteiger partial charge in [0.2, 0.25) is 10.0 Å². The van der Waals surface area contributed by atoms with Crippen LogP contribution in [0.5, 0.6) is 0 Å². The van der Waals surface area contributed by atoms with E-state index in [1.54, 1.807) is 28.6 Å². The summed E-state index contributed by atoms with van der Waals surface area (Å²) in [7, 11) is -2.15. The van der Waals surface area contributed by atoms with Gasteiger partial charge in [0.05, 0.1) is 18.4 Å². The molecule has 2 rings (SSSR count). The highest BCUT2D eigenvalue weighted by atomic mass is 32.2. The van der Waals surface area contributed by atoms with Crippen LogP contribution in [-0.2, 0) is 26.0 Å². The van der Waals surface area contributed by atoms with Crippen LogP contribution in [0.2, 0.25) is 0 Å². The molecule has 1 aliphatic rings. The molecule has 5 nitrogen and oxygen atoms in total. The van der Waals surface area contributed by atoms with E-state index in [0.717, 1.165) is 18.4 Å². The standard InChI is InChI=1S/C15H21NO4S/c1-15(2)9-4-10-16(15)21(18,19)13-7-5-12(6-8-13)11-14(17)20-3/h5-8H,4,9-11H2,1-3H3. The molecule has 21 heavy (non-hydrogen) atoms. The first-order valence-corrected chi connectivity index (χ1v) is 8.40. The summed E-state index contributed by atoms with van der Waals surface area (Å²) >= 11 is 0. The van der Waals surface area contributed by atoms with Gasteiger partial charge in [0, 0.05) is 12.1 Å². The average molecular weight is 311 g/mol. The highest BCUT2D eigenvalue weighted by Crippen LogP contribution is 2.33. The molecular weight excluding hydrogens is 290 g/mol. The summed E-state index contributed by atoms with van der Waals surface area (Å²) < 4.78 is 31.5. The molecule has 0 N–H and O–H groups in total. The number of carbonyl (C=O) groups excluding carboxylic acids is 1. The van der Waals surface area contributed by atoms with E-state index in [9.17, 15) is 13.2 Å². The van der Waals surface area contributed by atoms with Crippen molar-refractivity contribution in [3.8, 4) is 0 Å². The average Bonchev–Trinajstić information content (AvgIpc) is 2.79. The molecule has 0 aromatic heterocycles. The van der Waals surface area contributed by atoms with Crippen molar-refractivity contribution in [3.63, 3.8) is 0 Å². The molecule has 1 aliphatic heterocycles. The Morgan fingerprint density at radius 2 is 1.90 bits per heavy atom. The Bertz CT molecular complexity index is 620. The van der Waals surface area contributed by atoms with Crippen LogP contribution in [0, 0.1) is 0 Å². The summed E-state index contributed by atoms with van der Waals surface area (Å²) in [6, 6.07) is 6.43. The number of benzene rings is 1. The first-order chi connectivity index (χ1) is 9.77. The van der Waals surface area contributed by atoms with Crippen molar-refractivity contribution >= 4 is 16.0 Å². The summed E-state index contributed by atoms with van der Waals surface area (Å²) in [5.41, 5.74) is 0.394. The second-order valence-corrected chi connectivity index (χ2v) is 7.75. The largest absolute Gasteiger partial charge is 0.469 e. The summed E-state index contributed by atoms with van der Waals surface area (Å²) in [4.78, 5) is 11.5. The zero-order chi connectivity index (χ0) is 15.7. The maximum Gasteiger partial charge on any atom is 0.309 e. The molecule has 0 bridgehead atoms. The lowest BCUT2D eigenvalue weighted by molar-refractivity contribution is -0.139. The lowest BCUT2D eigenvalue weighted by atomic mass is 10.0. The number of sulfonamides is 1. The minimum Gasteiger partial charge on any atom is -0.469 e. The quantitative estimate of drug-likeness (QED) is 0.798. The number of rotatable bonds is 4. The third-order valence-electron chi connectivity index (χ3n) is 3.91. The Labute approximate surface area is 126 Å². The van der Waals surface area contributed by atoms with Crippen LogP contribution in [0.15, 0.2) is 29.2 Å². The first kappa shape index (κ1) is 16.0. The Hall–Kier alpha value is -1.40. The molecule has 1 saturated heterocycles. The summed E-state index contributed by atoms with van der Waals surface area (Å²) in [6.07, 6.45) is 1.89. The van der Waals surface area contributed by atoms with Gasteiger partial charge < -0.3 is 4.74 Å². The van der Waals surface area contributed by atoms with Gasteiger partial charge in [0.25, 0.3) is 0 Å². The fourth-order valence-electron chi connectivity index (χ4n) is 2.67. The minimum absolute atomic E-state index is 0.145. The maximum absolute atomic E-state index is 12.7. The second-order valence-electron chi connectivity index (χ2n) is 5.89. The lowest BCUT2D eigenvalue weighted by Gasteiger charge is -2.30. The number of methoxy groups -OCH3 is 1. The van der Waals surface area contributed by atoms with Crippen LogP contribution >= 0.6 is 0 Å². The first-order valence-electron chi connectivity index (χ1n) is 6.96. The molecule has 1 fully saturated rings. The van der Waals surface area contributed by atoms with E-state index in [2.05, 4.69) is 4.74 Å². The SMILES string of the molecule is COC(=O)Cc1ccc(S(=O)(=O)N2CCCC2(C)C)cc1. The molecule has 0 aliphatic carbocycles. The van der Waals surface area contributed by atoms with Crippen molar-refractivity contribution in [2.24, 2.45) is 0 Å². The molecule has 1 aromatic rings. The minimum atomic E-state index is -3.48. The summed E-state index contributed by atoms with van der Waals surface area (Å²) in [5, 5.41) is 0. The number of esters is 1. The van der Waals surface area contributed by atoms with E-state index >= 15 is 0 Å². The van der Waals surface area contributed by atoms with Crippen molar-refractivity contribution in [2.45, 2.75) is 43.5 Å². The molecule has 0 radical (unpaired) electrons. The van der Waals surface area contributed by atoms with Gasteiger partial charge in [-0.15, -0.1) is 0 Å². The Morgan fingerprint density at radius 3 is 2.38 bits per heavy atom. The summed E-state index contributed by atoms with van der Waals surface area (Å²) in [5.74, 6) is -0.341. The highest BCUT2D eigenvalue weighted by Gasteiger charge is 2.40. The highest BCUT2D eigenvalue weighted by molar-refractivity contribution is 7.89. The van der Waals surface area contributed by atoms with Gasteiger partial charge in [-0.1, -0.05) is 12.1 Å². The van der Waals surface area contributed by atoms with Gasteiger partial charge in [-0.05, 0) is 44.4 Å². The van der Waals surface area contributed by atoms with E-state index in [1.807, 2.05) is 13.8 Å². The van der Waals surface area contributed by atoms with E-state index in [4.69, 9.17) is 0 Å². The van der Waals surface area contributed by atoms with Crippen molar-refractivity contribution in [2.75, 3.05) is 13.7 Å². The molecular formula is C15H21NO4S. The Kier molecular flexibility index (Phi) is 4.39. The number of hydrogen-bond acceptors (Lipinski definition) is 4. The molecule has 0 unspecified atom stereocenters. The molecule has 1 heterocycles. The van der Waals surface area contributed by atoms with Crippen molar-refractivity contribution < 1.29 is 17.9 Å². The molecule has 116 valence electrons. The zero-order valence-corrected chi connectivity index (χ0v) is 13.4. The van der Waals surface area contributed by atoms with E-state index in [0.29, 0.717) is 6.54 Å². The number of nitrogens with zero attached hydrogens (tertiary/aromatic N) is 1. The monoisotopic (exact) mass is 311 g/mol. The fourth-order valence-corrected chi connectivity index (χ4v) is 4.52. The third-order valence-corrected chi connectivity index (χ3v) is 6.04. The third kappa shape index (κ3) is 3.27. The second kappa shape index (κ2) is 5.77. The van der Waals surface area contributed by atoms with Crippen molar-refractivity contribution in [1.82, 2.24) is 4.31 Å². The number of hydrogen-bond donors (Lipinski definition) is 0. The van der Waals surface area contributed by atoms with E-state index < -0.39 is 10.0 Å². The Balaban J connectivity index is 2.23. The maximum atomic E-state index is 12.7. The predicted octanol–water partition coefficient (Wildman–Crippen LogP) is 1.97. The number of ether oxygens (including phenoxy) is 1. The normalized spacial score (nSPS) is 18.6. The van der Waals surface area contributed by atoms with Gasteiger partial charge in [0.1, 0.15) is 0 Å². The molecule has 0 atom stereocenters. The van der Waals surface area contributed by atoms with E-state index in [-0.39, 0.29) is 22.8 Å². The van der Waals surface area contributed by atoms with Gasteiger partial charge in [-0.2, -0.15) is 4.31 Å². The van der Waals surface area contributed by atoms with Crippen LogP contribution in [-0.4, -0.2) is 37.9 Å². The Morgan fingerprint density at radius 1 is 1.29 bits per heavy atom. The lowest BCUT2D eigenvalue weighted by Crippen LogP contribution is -2.42. The van der Waals surface area contributed by atoms with Crippen LogP contribution in [0.4, 0.5) is 0 Å². The molecule has 0 saturated carbocycles. The van der Waals surface area contributed by atoms with Crippen molar-refractivity contribution in [3.05, 3.63) is 29.8 Å². The number of carbonyl (C=O) groups is 1.